The van der Waals surface area contributed by atoms with E-state index in [9.17, 15) is 14.9 Å². The van der Waals surface area contributed by atoms with Gasteiger partial charge in [0.05, 0.1) is 16.7 Å². The number of likely N-dealkylation sites (N-methyl/N-ethyl adjacent to an activating group) is 1. The number of fused-ring (bicyclic) bond motifs is 1. The Balaban J connectivity index is 1.76. The number of non-ortho nitro benzene ring substituents is 1. The number of anilines is 1. The lowest BCUT2D eigenvalue weighted by Crippen LogP contribution is -2.42. The highest BCUT2D eigenvalue weighted by atomic mass is 16.6. The number of carbonyl (C=O) groups excluding carboxylic acids is 1. The van der Waals surface area contributed by atoms with E-state index in [-0.39, 0.29) is 16.8 Å². The summed E-state index contributed by atoms with van der Waals surface area (Å²) in [6.45, 7) is 6.41. The van der Waals surface area contributed by atoms with Gasteiger partial charge < -0.3 is 4.90 Å². The SMILES string of the molecule is CC1=CC(C)(C)N(C)c2ccc(/C=N\NC(=O)c3cccc([N+](=O)[O-])c3)cc21. The van der Waals surface area contributed by atoms with Crippen LogP contribution in [0.5, 0.6) is 0 Å². The van der Waals surface area contributed by atoms with Gasteiger partial charge >= 0.3 is 0 Å². The summed E-state index contributed by atoms with van der Waals surface area (Å²) in [6.07, 6.45) is 3.78. The maximum Gasteiger partial charge on any atom is 0.271 e. The van der Waals surface area contributed by atoms with Gasteiger partial charge in [0.2, 0.25) is 0 Å². The Morgan fingerprint density at radius 3 is 2.71 bits per heavy atom. The molecule has 1 heterocycles. The molecule has 0 saturated heterocycles. The first kappa shape index (κ1) is 19.3. The van der Waals surface area contributed by atoms with Crippen LogP contribution < -0.4 is 10.3 Å². The molecule has 0 bridgehead atoms. The monoisotopic (exact) mass is 378 g/mol. The number of benzene rings is 2. The molecule has 0 spiro atoms. The molecule has 0 atom stereocenters. The first-order valence-corrected chi connectivity index (χ1v) is 8.84. The molecular weight excluding hydrogens is 356 g/mol. The maximum atomic E-state index is 12.1. The highest BCUT2D eigenvalue weighted by Gasteiger charge is 2.28. The lowest BCUT2D eigenvalue weighted by atomic mass is 9.89. The number of nitrogens with one attached hydrogen (secondary N) is 1. The maximum absolute atomic E-state index is 12.1. The van der Waals surface area contributed by atoms with Crippen molar-refractivity contribution in [1.82, 2.24) is 5.43 Å². The van der Waals surface area contributed by atoms with Crippen molar-refractivity contribution in [2.45, 2.75) is 26.3 Å². The molecule has 1 aliphatic rings. The highest BCUT2D eigenvalue weighted by molar-refractivity contribution is 5.95. The van der Waals surface area contributed by atoms with Crippen LogP contribution >= 0.6 is 0 Å². The van der Waals surface area contributed by atoms with E-state index in [0.717, 1.165) is 16.8 Å². The quantitative estimate of drug-likeness (QED) is 0.495. The number of hydrazone groups is 1. The van der Waals surface area contributed by atoms with Gasteiger partial charge in [-0.3, -0.25) is 14.9 Å². The molecule has 0 fully saturated rings. The van der Waals surface area contributed by atoms with E-state index >= 15 is 0 Å². The van der Waals surface area contributed by atoms with Crippen molar-refractivity contribution in [1.29, 1.82) is 0 Å². The Kier molecular flexibility index (Phi) is 5.00. The number of nitro benzene ring substituents is 1. The number of nitrogens with zero attached hydrogens (tertiary/aromatic N) is 3. The van der Waals surface area contributed by atoms with Crippen LogP contribution in [0.2, 0.25) is 0 Å². The second kappa shape index (κ2) is 7.26. The molecule has 1 N–H and O–H groups in total. The molecule has 0 radical (unpaired) electrons. The van der Waals surface area contributed by atoms with Gasteiger partial charge in [0, 0.05) is 36.0 Å². The number of nitro groups is 1. The third kappa shape index (κ3) is 3.78. The van der Waals surface area contributed by atoms with Crippen molar-refractivity contribution in [3.8, 4) is 0 Å². The second-order valence-electron chi connectivity index (χ2n) is 7.32. The summed E-state index contributed by atoms with van der Waals surface area (Å²) in [4.78, 5) is 24.6. The number of allylic oxidation sites excluding steroid dienone is 1. The number of carbonyl (C=O) groups is 1. The summed E-state index contributed by atoms with van der Waals surface area (Å²) in [5.74, 6) is -0.504. The molecule has 28 heavy (non-hydrogen) atoms. The molecule has 0 unspecified atom stereocenters. The van der Waals surface area contributed by atoms with Gasteiger partial charge in [0.25, 0.3) is 11.6 Å². The summed E-state index contributed by atoms with van der Waals surface area (Å²) in [5.41, 5.74) is 6.69. The molecule has 144 valence electrons. The molecule has 0 aromatic heterocycles. The molecule has 2 aromatic rings. The summed E-state index contributed by atoms with van der Waals surface area (Å²) < 4.78 is 0. The molecule has 7 heteroatoms. The van der Waals surface area contributed by atoms with E-state index in [1.54, 1.807) is 6.21 Å². The van der Waals surface area contributed by atoms with E-state index in [0.29, 0.717) is 0 Å². The first-order valence-electron chi connectivity index (χ1n) is 8.84. The lowest BCUT2D eigenvalue weighted by molar-refractivity contribution is -0.384. The zero-order chi connectivity index (χ0) is 20.5. The van der Waals surface area contributed by atoms with Crippen LogP contribution in [-0.4, -0.2) is 29.6 Å². The summed E-state index contributed by atoms with van der Waals surface area (Å²) in [7, 11) is 2.06. The van der Waals surface area contributed by atoms with Crippen LogP contribution in [0.4, 0.5) is 11.4 Å². The summed E-state index contributed by atoms with van der Waals surface area (Å²) in [5, 5.41) is 14.8. The molecule has 2 aromatic carbocycles. The van der Waals surface area contributed by atoms with Crippen molar-refractivity contribution in [2.75, 3.05) is 11.9 Å². The number of rotatable bonds is 4. The Morgan fingerprint density at radius 2 is 2.00 bits per heavy atom. The van der Waals surface area contributed by atoms with E-state index < -0.39 is 10.8 Å². The van der Waals surface area contributed by atoms with Gasteiger partial charge in [0.1, 0.15) is 0 Å². The third-order valence-electron chi connectivity index (χ3n) is 4.94. The van der Waals surface area contributed by atoms with E-state index in [1.165, 1.54) is 29.8 Å². The standard InChI is InChI=1S/C21H22N4O3/c1-14-12-21(2,3)24(4)19-9-8-15(10-18(14)19)13-22-23-20(26)16-6-5-7-17(11-16)25(27)28/h5-13H,1-4H3,(H,23,26)/b22-13-. The summed E-state index contributed by atoms with van der Waals surface area (Å²) in [6, 6.07) is 11.5. The molecule has 0 saturated carbocycles. The minimum absolute atomic E-state index is 0.0566. The van der Waals surface area contributed by atoms with Crippen LogP contribution in [0.3, 0.4) is 0 Å². The molecule has 3 rings (SSSR count). The van der Waals surface area contributed by atoms with Crippen molar-refractivity contribution < 1.29 is 9.72 Å². The molecule has 1 amide bonds. The Hall–Kier alpha value is -3.48. The van der Waals surface area contributed by atoms with Crippen LogP contribution in [0.1, 0.15) is 42.3 Å². The van der Waals surface area contributed by atoms with Crippen molar-refractivity contribution in [3.63, 3.8) is 0 Å². The third-order valence-corrected chi connectivity index (χ3v) is 4.94. The first-order chi connectivity index (χ1) is 13.2. The minimum atomic E-state index is -0.540. The average Bonchev–Trinajstić information content (AvgIpc) is 2.66. The molecule has 7 nitrogen and oxygen atoms in total. The minimum Gasteiger partial charge on any atom is -0.366 e. The fourth-order valence-corrected chi connectivity index (χ4v) is 3.25. The second-order valence-corrected chi connectivity index (χ2v) is 7.32. The topological polar surface area (TPSA) is 87.8 Å². The van der Waals surface area contributed by atoms with Crippen LogP contribution in [0.15, 0.2) is 53.6 Å². The van der Waals surface area contributed by atoms with Gasteiger partial charge in [-0.05, 0) is 50.1 Å². The van der Waals surface area contributed by atoms with Crippen LogP contribution in [0, 0.1) is 10.1 Å². The zero-order valence-electron chi connectivity index (χ0n) is 16.3. The van der Waals surface area contributed by atoms with E-state index in [2.05, 4.69) is 49.3 Å². The van der Waals surface area contributed by atoms with E-state index in [4.69, 9.17) is 0 Å². The Bertz CT molecular complexity index is 1010. The molecular formula is C21H22N4O3. The zero-order valence-corrected chi connectivity index (χ0v) is 16.3. The fraction of sp³-hybridized carbons (Fsp3) is 0.238. The van der Waals surface area contributed by atoms with E-state index in [1.807, 2.05) is 18.2 Å². The highest BCUT2D eigenvalue weighted by Crippen LogP contribution is 2.37. The molecule has 0 aliphatic carbocycles. The Morgan fingerprint density at radius 1 is 1.25 bits per heavy atom. The van der Waals surface area contributed by atoms with Gasteiger partial charge in [-0.2, -0.15) is 5.10 Å². The molecule has 1 aliphatic heterocycles. The normalized spacial score (nSPS) is 15.1. The smallest absolute Gasteiger partial charge is 0.271 e. The average molecular weight is 378 g/mol. The van der Waals surface area contributed by atoms with Gasteiger partial charge in [0.15, 0.2) is 0 Å². The van der Waals surface area contributed by atoms with Gasteiger partial charge in [-0.25, -0.2) is 5.43 Å². The lowest BCUT2D eigenvalue weighted by Gasteiger charge is -2.40. The fourth-order valence-electron chi connectivity index (χ4n) is 3.25. The number of hydrogen-bond acceptors (Lipinski definition) is 5. The van der Waals surface area contributed by atoms with Crippen LogP contribution in [0.25, 0.3) is 5.57 Å². The van der Waals surface area contributed by atoms with Crippen LogP contribution in [-0.2, 0) is 0 Å². The van der Waals surface area contributed by atoms with Gasteiger partial charge in [-0.15, -0.1) is 0 Å². The van der Waals surface area contributed by atoms with Crippen molar-refractivity contribution in [3.05, 3.63) is 75.3 Å². The largest absolute Gasteiger partial charge is 0.366 e. The summed E-state index contributed by atoms with van der Waals surface area (Å²) >= 11 is 0. The number of hydrogen-bond donors (Lipinski definition) is 1. The van der Waals surface area contributed by atoms with Crippen molar-refractivity contribution in [2.24, 2.45) is 5.10 Å². The predicted octanol–water partition coefficient (Wildman–Crippen LogP) is 3.99. The Labute approximate surface area is 163 Å². The van der Waals surface area contributed by atoms with Gasteiger partial charge in [-0.1, -0.05) is 18.2 Å². The predicted molar refractivity (Wildman–Crippen MR) is 111 cm³/mol. The van der Waals surface area contributed by atoms with Crippen molar-refractivity contribution >= 4 is 29.1 Å². The number of amides is 1.